The molecule has 7 heteroatoms. The summed E-state index contributed by atoms with van der Waals surface area (Å²) >= 11 is 6.00. The molecule has 0 aliphatic rings. The van der Waals surface area contributed by atoms with E-state index in [1.165, 1.54) is 11.1 Å². The van der Waals surface area contributed by atoms with Crippen molar-refractivity contribution in [2.24, 2.45) is 0 Å². The molecule has 2 aromatic carbocycles. The Bertz CT molecular complexity index is 1130. The minimum absolute atomic E-state index is 0.0762. The lowest BCUT2D eigenvalue weighted by molar-refractivity contribution is -0.116. The van der Waals surface area contributed by atoms with Crippen LogP contribution in [-0.4, -0.2) is 25.5 Å². The van der Waals surface area contributed by atoms with E-state index in [1.54, 1.807) is 12.4 Å². The van der Waals surface area contributed by atoms with Gasteiger partial charge in [-0.3, -0.25) is 14.2 Å². The summed E-state index contributed by atoms with van der Waals surface area (Å²) in [4.78, 5) is 12.3. The van der Waals surface area contributed by atoms with Gasteiger partial charge >= 0.3 is 0 Å². The highest BCUT2D eigenvalue weighted by Crippen LogP contribution is 2.19. The predicted molar refractivity (Wildman–Crippen MR) is 110 cm³/mol. The van der Waals surface area contributed by atoms with Gasteiger partial charge in [-0.1, -0.05) is 41.4 Å². The molecule has 0 unspecified atom stereocenters. The molecule has 28 heavy (non-hydrogen) atoms. The quantitative estimate of drug-likeness (QED) is 0.532. The average Bonchev–Trinajstić information content (AvgIpc) is 3.26. The lowest BCUT2D eigenvalue weighted by Gasteiger charge is -2.05. The first-order chi connectivity index (χ1) is 13.6. The van der Waals surface area contributed by atoms with Gasteiger partial charge in [-0.2, -0.15) is 10.2 Å². The van der Waals surface area contributed by atoms with Crippen LogP contribution in [0.2, 0.25) is 5.02 Å². The zero-order valence-corrected chi connectivity index (χ0v) is 16.2. The Labute approximate surface area is 167 Å². The lowest BCUT2D eigenvalue weighted by Crippen LogP contribution is -2.14. The van der Waals surface area contributed by atoms with E-state index in [-0.39, 0.29) is 5.91 Å². The van der Waals surface area contributed by atoms with E-state index >= 15 is 0 Å². The summed E-state index contributed by atoms with van der Waals surface area (Å²) in [6.07, 6.45) is 5.58. The molecular formula is C21H20ClN5O. The first-order valence-corrected chi connectivity index (χ1v) is 9.43. The number of benzene rings is 2. The van der Waals surface area contributed by atoms with Crippen molar-refractivity contribution in [3.8, 4) is 0 Å². The van der Waals surface area contributed by atoms with Crippen molar-refractivity contribution in [2.75, 3.05) is 5.32 Å². The Morgan fingerprint density at radius 1 is 1.14 bits per heavy atom. The molecule has 0 bridgehead atoms. The molecule has 0 spiro atoms. The number of nitrogens with one attached hydrogen (secondary N) is 1. The van der Waals surface area contributed by atoms with Crippen molar-refractivity contribution in [1.29, 1.82) is 0 Å². The normalized spacial score (nSPS) is 11.1. The fraction of sp³-hybridized carbons (Fsp3) is 0.190. The van der Waals surface area contributed by atoms with E-state index in [9.17, 15) is 4.79 Å². The Hall–Kier alpha value is -3.12. The standard InChI is InChI=1S/C21H20ClN5O/c1-15-3-2-4-16(9-15)13-26-14-19(12-23-26)25-21(28)7-8-27-20-6-5-18(22)10-17(20)11-24-27/h2-6,9-12,14H,7-8,13H2,1H3,(H,25,28). The van der Waals surface area contributed by atoms with Crippen molar-refractivity contribution in [2.45, 2.75) is 26.4 Å². The number of rotatable bonds is 6. The van der Waals surface area contributed by atoms with E-state index in [2.05, 4.69) is 40.6 Å². The molecule has 4 rings (SSSR count). The van der Waals surface area contributed by atoms with Crippen LogP contribution in [0.4, 0.5) is 5.69 Å². The number of carbonyl (C=O) groups is 1. The molecular weight excluding hydrogens is 374 g/mol. The summed E-state index contributed by atoms with van der Waals surface area (Å²) < 4.78 is 3.63. The molecule has 0 saturated carbocycles. The third kappa shape index (κ3) is 4.23. The zero-order chi connectivity index (χ0) is 19.5. The number of amides is 1. The Morgan fingerprint density at radius 3 is 2.89 bits per heavy atom. The number of halogens is 1. The second-order valence-corrected chi connectivity index (χ2v) is 7.22. The minimum atomic E-state index is -0.0762. The van der Waals surface area contributed by atoms with Gasteiger partial charge in [0.1, 0.15) is 0 Å². The molecule has 0 fully saturated rings. The van der Waals surface area contributed by atoms with Crippen LogP contribution in [0.1, 0.15) is 17.5 Å². The maximum atomic E-state index is 12.3. The number of anilines is 1. The molecule has 4 aromatic rings. The maximum Gasteiger partial charge on any atom is 0.226 e. The SMILES string of the molecule is Cc1cccc(Cn2cc(NC(=O)CCn3ncc4cc(Cl)ccc43)cn2)c1. The summed E-state index contributed by atoms with van der Waals surface area (Å²) in [6, 6.07) is 13.9. The summed E-state index contributed by atoms with van der Waals surface area (Å²) in [7, 11) is 0. The Kier molecular flexibility index (Phi) is 5.12. The van der Waals surface area contributed by atoms with Crippen molar-refractivity contribution in [1.82, 2.24) is 19.6 Å². The zero-order valence-electron chi connectivity index (χ0n) is 15.5. The number of hydrogen-bond acceptors (Lipinski definition) is 3. The summed E-state index contributed by atoms with van der Waals surface area (Å²) in [5, 5.41) is 13.2. The largest absolute Gasteiger partial charge is 0.323 e. The fourth-order valence-electron chi connectivity index (χ4n) is 3.18. The summed E-state index contributed by atoms with van der Waals surface area (Å²) in [5.74, 6) is -0.0762. The van der Waals surface area contributed by atoms with Crippen LogP contribution in [0.3, 0.4) is 0 Å². The lowest BCUT2D eigenvalue weighted by atomic mass is 10.1. The van der Waals surface area contributed by atoms with Crippen LogP contribution in [-0.2, 0) is 17.9 Å². The molecule has 6 nitrogen and oxygen atoms in total. The van der Waals surface area contributed by atoms with Crippen LogP contribution in [0.15, 0.2) is 61.1 Å². The topological polar surface area (TPSA) is 64.7 Å². The number of carbonyl (C=O) groups excluding carboxylic acids is 1. The molecule has 1 amide bonds. The van der Waals surface area contributed by atoms with Crippen molar-refractivity contribution in [3.63, 3.8) is 0 Å². The monoisotopic (exact) mass is 393 g/mol. The molecule has 1 N–H and O–H groups in total. The Morgan fingerprint density at radius 2 is 2.04 bits per heavy atom. The van der Waals surface area contributed by atoms with E-state index in [4.69, 9.17) is 11.6 Å². The highest BCUT2D eigenvalue weighted by Gasteiger charge is 2.08. The van der Waals surface area contributed by atoms with Crippen molar-refractivity contribution >= 4 is 34.1 Å². The van der Waals surface area contributed by atoms with Gasteiger partial charge in [0.2, 0.25) is 5.91 Å². The van der Waals surface area contributed by atoms with Gasteiger partial charge in [0.05, 0.1) is 36.7 Å². The minimum Gasteiger partial charge on any atom is -0.323 e. The van der Waals surface area contributed by atoms with Crippen molar-refractivity contribution < 1.29 is 4.79 Å². The second-order valence-electron chi connectivity index (χ2n) is 6.78. The molecule has 0 saturated heterocycles. The van der Waals surface area contributed by atoms with Gasteiger partial charge < -0.3 is 5.32 Å². The number of fused-ring (bicyclic) bond motifs is 1. The van der Waals surface area contributed by atoms with Gasteiger partial charge in [0.15, 0.2) is 0 Å². The molecule has 0 atom stereocenters. The first kappa shape index (κ1) is 18.3. The third-order valence-corrected chi connectivity index (χ3v) is 4.73. The maximum absolute atomic E-state index is 12.3. The van der Waals surface area contributed by atoms with Crippen LogP contribution < -0.4 is 5.32 Å². The van der Waals surface area contributed by atoms with E-state index in [1.807, 2.05) is 39.8 Å². The van der Waals surface area contributed by atoms with E-state index < -0.39 is 0 Å². The predicted octanol–water partition coefficient (Wildman–Crippen LogP) is 4.27. The van der Waals surface area contributed by atoms with E-state index in [0.29, 0.717) is 30.2 Å². The van der Waals surface area contributed by atoms with Crippen LogP contribution in [0, 0.1) is 6.92 Å². The van der Waals surface area contributed by atoms with Crippen LogP contribution >= 0.6 is 11.6 Å². The van der Waals surface area contributed by atoms with E-state index in [0.717, 1.165) is 10.9 Å². The highest BCUT2D eigenvalue weighted by molar-refractivity contribution is 6.31. The molecule has 2 aromatic heterocycles. The van der Waals surface area contributed by atoms with Gasteiger partial charge in [0.25, 0.3) is 0 Å². The fourth-order valence-corrected chi connectivity index (χ4v) is 3.36. The average molecular weight is 394 g/mol. The molecule has 0 aliphatic heterocycles. The molecule has 0 radical (unpaired) electrons. The van der Waals surface area contributed by atoms with Crippen molar-refractivity contribution in [3.05, 3.63) is 77.2 Å². The molecule has 0 aliphatic carbocycles. The number of aromatic nitrogens is 4. The van der Waals surface area contributed by atoms with Gasteiger partial charge in [-0.15, -0.1) is 0 Å². The number of aryl methyl sites for hydroxylation is 2. The molecule has 2 heterocycles. The van der Waals surface area contributed by atoms with Gasteiger partial charge in [-0.05, 0) is 30.7 Å². The smallest absolute Gasteiger partial charge is 0.226 e. The Balaban J connectivity index is 1.34. The van der Waals surface area contributed by atoms with Crippen LogP contribution in [0.25, 0.3) is 10.9 Å². The van der Waals surface area contributed by atoms with Crippen LogP contribution in [0.5, 0.6) is 0 Å². The highest BCUT2D eigenvalue weighted by atomic mass is 35.5. The summed E-state index contributed by atoms with van der Waals surface area (Å²) in [6.45, 7) is 3.23. The molecule has 142 valence electrons. The second kappa shape index (κ2) is 7.86. The number of hydrogen-bond donors (Lipinski definition) is 1. The summed E-state index contributed by atoms with van der Waals surface area (Å²) in [5.41, 5.74) is 4.04. The first-order valence-electron chi connectivity index (χ1n) is 9.06. The van der Waals surface area contributed by atoms with Gasteiger partial charge in [0, 0.05) is 23.0 Å². The number of nitrogens with zero attached hydrogens (tertiary/aromatic N) is 4. The van der Waals surface area contributed by atoms with Gasteiger partial charge in [-0.25, -0.2) is 0 Å². The third-order valence-electron chi connectivity index (χ3n) is 4.50.